The van der Waals surface area contributed by atoms with Gasteiger partial charge in [0.15, 0.2) is 0 Å². The van der Waals surface area contributed by atoms with Crippen LogP contribution < -0.4 is 0 Å². The molecule has 0 saturated carbocycles. The highest BCUT2D eigenvalue weighted by molar-refractivity contribution is 5.00. The standard InChI is InChI=1S/C12H22/c1-5-8-12(4)10-7-9-11(3)6-2/h6,8H,5,7,9-10H2,1-4H3. The molecule has 0 N–H and O–H groups in total. The number of hydrogen-bond acceptors (Lipinski definition) is 0. The Morgan fingerprint density at radius 1 is 1.08 bits per heavy atom. The Bertz CT molecular complexity index is 161. The van der Waals surface area contributed by atoms with Crippen molar-refractivity contribution >= 4 is 0 Å². The van der Waals surface area contributed by atoms with Gasteiger partial charge in [0.2, 0.25) is 0 Å². The van der Waals surface area contributed by atoms with Gasteiger partial charge >= 0.3 is 0 Å². The molecule has 0 fully saturated rings. The van der Waals surface area contributed by atoms with Crippen molar-refractivity contribution in [2.45, 2.75) is 53.4 Å². The first-order valence-electron chi connectivity index (χ1n) is 4.98. The van der Waals surface area contributed by atoms with Crippen LogP contribution in [0.25, 0.3) is 0 Å². The van der Waals surface area contributed by atoms with Crippen molar-refractivity contribution in [1.82, 2.24) is 0 Å². The van der Waals surface area contributed by atoms with Crippen molar-refractivity contribution in [1.29, 1.82) is 0 Å². The predicted molar refractivity (Wildman–Crippen MR) is 57.3 cm³/mol. The molecule has 0 atom stereocenters. The molecule has 0 amide bonds. The third kappa shape index (κ3) is 6.21. The van der Waals surface area contributed by atoms with Gasteiger partial charge in [0.05, 0.1) is 0 Å². The van der Waals surface area contributed by atoms with Crippen molar-refractivity contribution < 1.29 is 0 Å². The van der Waals surface area contributed by atoms with E-state index in [-0.39, 0.29) is 0 Å². The topological polar surface area (TPSA) is 0 Å². The number of allylic oxidation sites excluding steroid dienone is 4. The highest BCUT2D eigenvalue weighted by Crippen LogP contribution is 2.11. The Labute approximate surface area is 77.4 Å². The molecule has 70 valence electrons. The molecule has 0 heteroatoms. The summed E-state index contributed by atoms with van der Waals surface area (Å²) in [7, 11) is 0. The monoisotopic (exact) mass is 166 g/mol. The van der Waals surface area contributed by atoms with Crippen molar-refractivity contribution in [3.63, 3.8) is 0 Å². The van der Waals surface area contributed by atoms with E-state index in [1.54, 1.807) is 5.57 Å². The maximum atomic E-state index is 2.32. The Kier molecular flexibility index (Phi) is 6.84. The van der Waals surface area contributed by atoms with Crippen molar-refractivity contribution in [2.75, 3.05) is 0 Å². The van der Waals surface area contributed by atoms with Crippen LogP contribution in [0.1, 0.15) is 53.4 Å². The molecule has 0 aliphatic rings. The molecule has 0 spiro atoms. The zero-order chi connectivity index (χ0) is 9.40. The molecule has 0 rings (SSSR count). The summed E-state index contributed by atoms with van der Waals surface area (Å²) in [5.74, 6) is 0. The minimum atomic E-state index is 1.18. The lowest BCUT2D eigenvalue weighted by Gasteiger charge is -2.01. The minimum Gasteiger partial charge on any atom is -0.0887 e. The average molecular weight is 166 g/mol. The molecular weight excluding hydrogens is 144 g/mol. The average Bonchev–Trinajstić information content (AvgIpc) is 2.04. The van der Waals surface area contributed by atoms with E-state index in [4.69, 9.17) is 0 Å². The maximum absolute atomic E-state index is 2.32. The Morgan fingerprint density at radius 3 is 2.17 bits per heavy atom. The van der Waals surface area contributed by atoms with Gasteiger partial charge in [-0.25, -0.2) is 0 Å². The van der Waals surface area contributed by atoms with E-state index in [1.165, 1.54) is 31.3 Å². The normalized spacial score (nSPS) is 13.7. The summed E-state index contributed by atoms with van der Waals surface area (Å²) in [6.45, 7) is 8.75. The van der Waals surface area contributed by atoms with Gasteiger partial charge < -0.3 is 0 Å². The zero-order valence-corrected chi connectivity index (χ0v) is 8.98. The first-order valence-corrected chi connectivity index (χ1v) is 4.98. The fourth-order valence-electron chi connectivity index (χ4n) is 1.24. The summed E-state index contributed by atoms with van der Waals surface area (Å²) < 4.78 is 0. The molecule has 0 heterocycles. The van der Waals surface area contributed by atoms with Crippen LogP contribution in [0, 0.1) is 0 Å². The molecule has 0 aromatic heterocycles. The van der Waals surface area contributed by atoms with E-state index in [9.17, 15) is 0 Å². The molecule has 0 aromatic rings. The zero-order valence-electron chi connectivity index (χ0n) is 8.98. The first kappa shape index (κ1) is 11.5. The van der Waals surface area contributed by atoms with Crippen molar-refractivity contribution in [3.05, 3.63) is 23.3 Å². The smallest absolute Gasteiger partial charge is 0.0320 e. The van der Waals surface area contributed by atoms with Crippen LogP contribution >= 0.6 is 0 Å². The number of rotatable bonds is 5. The van der Waals surface area contributed by atoms with Crippen molar-refractivity contribution in [3.8, 4) is 0 Å². The second-order valence-corrected chi connectivity index (χ2v) is 3.45. The summed E-state index contributed by atoms with van der Waals surface area (Å²) in [4.78, 5) is 0. The highest BCUT2D eigenvalue weighted by atomic mass is 14.0. The van der Waals surface area contributed by atoms with Gasteiger partial charge in [0.1, 0.15) is 0 Å². The van der Waals surface area contributed by atoms with Crippen molar-refractivity contribution in [2.24, 2.45) is 0 Å². The Hall–Kier alpha value is -0.520. The molecule has 0 nitrogen and oxygen atoms in total. The van der Waals surface area contributed by atoms with Crippen LogP contribution in [0.2, 0.25) is 0 Å². The molecule has 0 saturated heterocycles. The first-order chi connectivity index (χ1) is 5.70. The van der Waals surface area contributed by atoms with Crippen LogP contribution in [0.3, 0.4) is 0 Å². The van der Waals surface area contributed by atoms with Crippen LogP contribution in [-0.4, -0.2) is 0 Å². The maximum Gasteiger partial charge on any atom is -0.0320 e. The van der Waals surface area contributed by atoms with E-state index in [0.29, 0.717) is 0 Å². The van der Waals surface area contributed by atoms with E-state index in [2.05, 4.69) is 39.8 Å². The fraction of sp³-hybridized carbons (Fsp3) is 0.667. The predicted octanol–water partition coefficient (Wildman–Crippen LogP) is 4.48. The molecule has 0 unspecified atom stereocenters. The third-order valence-corrected chi connectivity index (χ3v) is 2.19. The molecule has 12 heavy (non-hydrogen) atoms. The van der Waals surface area contributed by atoms with Crippen LogP contribution in [0.5, 0.6) is 0 Å². The summed E-state index contributed by atoms with van der Waals surface area (Å²) in [6, 6.07) is 0. The highest BCUT2D eigenvalue weighted by Gasteiger charge is 1.91. The Balaban J connectivity index is 3.50. The van der Waals surface area contributed by atoms with Gasteiger partial charge in [-0.05, 0) is 46.5 Å². The number of hydrogen-bond donors (Lipinski definition) is 0. The van der Waals surface area contributed by atoms with E-state index in [0.717, 1.165) is 0 Å². The second-order valence-electron chi connectivity index (χ2n) is 3.45. The van der Waals surface area contributed by atoms with Gasteiger partial charge in [-0.15, -0.1) is 0 Å². The second kappa shape index (κ2) is 7.15. The molecular formula is C12H22. The summed E-state index contributed by atoms with van der Waals surface area (Å²) in [5.41, 5.74) is 3.06. The summed E-state index contributed by atoms with van der Waals surface area (Å²) in [6.07, 6.45) is 9.53. The Morgan fingerprint density at radius 2 is 1.67 bits per heavy atom. The minimum absolute atomic E-state index is 1.18. The van der Waals surface area contributed by atoms with E-state index < -0.39 is 0 Å². The quantitative estimate of drug-likeness (QED) is 0.528. The van der Waals surface area contributed by atoms with E-state index >= 15 is 0 Å². The lowest BCUT2D eigenvalue weighted by molar-refractivity contribution is 0.798. The summed E-state index contributed by atoms with van der Waals surface area (Å²) in [5, 5.41) is 0. The fourth-order valence-corrected chi connectivity index (χ4v) is 1.24. The molecule has 0 bridgehead atoms. The SMILES string of the molecule is CC=C(C)CCCC(C)=CCC. The summed E-state index contributed by atoms with van der Waals surface area (Å²) >= 11 is 0. The van der Waals surface area contributed by atoms with Gasteiger partial charge in [-0.3, -0.25) is 0 Å². The lowest BCUT2D eigenvalue weighted by atomic mass is 10.1. The van der Waals surface area contributed by atoms with Gasteiger partial charge in [-0.2, -0.15) is 0 Å². The van der Waals surface area contributed by atoms with Crippen LogP contribution in [-0.2, 0) is 0 Å². The van der Waals surface area contributed by atoms with Gasteiger partial charge in [-0.1, -0.05) is 30.2 Å². The van der Waals surface area contributed by atoms with E-state index in [1.807, 2.05) is 0 Å². The lowest BCUT2D eigenvalue weighted by Crippen LogP contribution is -1.81. The third-order valence-electron chi connectivity index (χ3n) is 2.19. The van der Waals surface area contributed by atoms with Crippen LogP contribution in [0.15, 0.2) is 23.3 Å². The molecule has 0 radical (unpaired) electrons. The largest absolute Gasteiger partial charge is 0.0887 e. The van der Waals surface area contributed by atoms with Gasteiger partial charge in [0, 0.05) is 0 Å². The molecule has 0 aliphatic carbocycles. The van der Waals surface area contributed by atoms with Gasteiger partial charge in [0.25, 0.3) is 0 Å². The van der Waals surface area contributed by atoms with Crippen LogP contribution in [0.4, 0.5) is 0 Å². The molecule has 0 aliphatic heterocycles. The molecule has 0 aromatic carbocycles.